The topological polar surface area (TPSA) is 29.1 Å². The summed E-state index contributed by atoms with van der Waals surface area (Å²) in [5, 5.41) is 3.08. The van der Waals surface area contributed by atoms with Gasteiger partial charge in [0.1, 0.15) is 0 Å². The highest BCUT2D eigenvalue weighted by atomic mass is 16.1. The van der Waals surface area contributed by atoms with Gasteiger partial charge in [-0.15, -0.1) is 0 Å². The molecule has 0 unspecified atom stereocenters. The molecule has 2 heteroatoms. The molecule has 2 rings (SSSR count). The Bertz CT molecular complexity index is 577. The summed E-state index contributed by atoms with van der Waals surface area (Å²) in [4.78, 5) is 12.4. The second-order valence-corrected chi connectivity index (χ2v) is 4.98. The number of amides is 1. The minimum Gasteiger partial charge on any atom is -0.321 e. The van der Waals surface area contributed by atoms with E-state index in [0.29, 0.717) is 5.56 Å². The molecule has 20 heavy (non-hydrogen) atoms. The molecule has 0 aliphatic carbocycles. The zero-order valence-corrected chi connectivity index (χ0v) is 12.4. The van der Waals surface area contributed by atoms with E-state index < -0.39 is 0 Å². The third kappa shape index (κ3) is 3.08. The van der Waals surface area contributed by atoms with Crippen LogP contribution >= 0.6 is 0 Å². The lowest BCUT2D eigenvalue weighted by molar-refractivity contribution is 0.102. The standard InChI is InChI=1S/C18H21NO/c1-4-14-7-6-8-15(5-2)17(14)19-18(20)16-11-9-13(3)10-12-16/h6-12H,4-5H2,1-3H3,(H,19,20). The Morgan fingerprint density at radius 1 is 0.950 bits per heavy atom. The van der Waals surface area contributed by atoms with Crippen LogP contribution in [0.5, 0.6) is 0 Å². The lowest BCUT2D eigenvalue weighted by Crippen LogP contribution is -2.14. The maximum atomic E-state index is 12.4. The Morgan fingerprint density at radius 3 is 2.00 bits per heavy atom. The molecule has 0 bridgehead atoms. The number of nitrogens with one attached hydrogen (secondary N) is 1. The molecular weight excluding hydrogens is 246 g/mol. The van der Waals surface area contributed by atoms with E-state index >= 15 is 0 Å². The molecule has 1 N–H and O–H groups in total. The van der Waals surface area contributed by atoms with Crippen molar-refractivity contribution in [2.75, 3.05) is 5.32 Å². The average Bonchev–Trinajstić information content (AvgIpc) is 2.48. The summed E-state index contributed by atoms with van der Waals surface area (Å²) in [6.45, 7) is 6.23. The van der Waals surface area contributed by atoms with Crippen LogP contribution in [0.4, 0.5) is 5.69 Å². The van der Waals surface area contributed by atoms with Gasteiger partial charge < -0.3 is 5.32 Å². The fraction of sp³-hybridized carbons (Fsp3) is 0.278. The Labute approximate surface area is 120 Å². The highest BCUT2D eigenvalue weighted by molar-refractivity contribution is 6.05. The molecule has 0 heterocycles. The van der Waals surface area contributed by atoms with E-state index in [2.05, 4.69) is 37.4 Å². The van der Waals surface area contributed by atoms with Crippen LogP contribution in [0, 0.1) is 6.92 Å². The summed E-state index contributed by atoms with van der Waals surface area (Å²) >= 11 is 0. The molecule has 0 fully saturated rings. The van der Waals surface area contributed by atoms with E-state index in [4.69, 9.17) is 0 Å². The van der Waals surface area contributed by atoms with Crippen molar-refractivity contribution in [1.82, 2.24) is 0 Å². The molecule has 104 valence electrons. The van der Waals surface area contributed by atoms with Gasteiger partial charge in [0, 0.05) is 11.3 Å². The Hall–Kier alpha value is -2.09. The van der Waals surface area contributed by atoms with Crippen molar-refractivity contribution in [2.45, 2.75) is 33.6 Å². The van der Waals surface area contributed by atoms with E-state index in [9.17, 15) is 4.79 Å². The first kappa shape index (κ1) is 14.3. The van der Waals surface area contributed by atoms with Crippen molar-refractivity contribution < 1.29 is 4.79 Å². The van der Waals surface area contributed by atoms with Crippen molar-refractivity contribution in [2.24, 2.45) is 0 Å². The lowest BCUT2D eigenvalue weighted by atomic mass is 10.0. The van der Waals surface area contributed by atoms with E-state index in [1.807, 2.05) is 31.2 Å². The van der Waals surface area contributed by atoms with Crippen LogP contribution in [0.1, 0.15) is 40.9 Å². The number of aryl methyl sites for hydroxylation is 3. The number of rotatable bonds is 4. The summed E-state index contributed by atoms with van der Waals surface area (Å²) in [7, 11) is 0. The van der Waals surface area contributed by atoms with Gasteiger partial charge in [0.25, 0.3) is 5.91 Å². The smallest absolute Gasteiger partial charge is 0.255 e. The number of anilines is 1. The molecule has 0 spiro atoms. The predicted molar refractivity (Wildman–Crippen MR) is 84.3 cm³/mol. The van der Waals surface area contributed by atoms with Gasteiger partial charge >= 0.3 is 0 Å². The minimum absolute atomic E-state index is 0.0411. The zero-order valence-electron chi connectivity index (χ0n) is 12.4. The zero-order chi connectivity index (χ0) is 14.5. The first-order chi connectivity index (χ1) is 9.65. The van der Waals surface area contributed by atoms with Crippen molar-refractivity contribution >= 4 is 11.6 Å². The van der Waals surface area contributed by atoms with Gasteiger partial charge in [-0.3, -0.25) is 4.79 Å². The number of benzene rings is 2. The molecule has 2 aromatic rings. The van der Waals surface area contributed by atoms with Crippen LogP contribution in [0.15, 0.2) is 42.5 Å². The molecule has 0 aliphatic rings. The van der Waals surface area contributed by atoms with Gasteiger partial charge in [-0.1, -0.05) is 49.7 Å². The predicted octanol–water partition coefficient (Wildman–Crippen LogP) is 4.37. The summed E-state index contributed by atoms with van der Waals surface area (Å²) in [5.74, 6) is -0.0411. The number of carbonyl (C=O) groups excluding carboxylic acids is 1. The monoisotopic (exact) mass is 267 g/mol. The minimum atomic E-state index is -0.0411. The second kappa shape index (κ2) is 6.38. The number of hydrogen-bond acceptors (Lipinski definition) is 1. The molecular formula is C18H21NO. The van der Waals surface area contributed by atoms with Crippen molar-refractivity contribution in [3.8, 4) is 0 Å². The van der Waals surface area contributed by atoms with E-state index in [1.54, 1.807) is 0 Å². The van der Waals surface area contributed by atoms with Gasteiger partial charge in [0.15, 0.2) is 0 Å². The normalized spacial score (nSPS) is 10.3. The largest absolute Gasteiger partial charge is 0.321 e. The maximum absolute atomic E-state index is 12.4. The summed E-state index contributed by atoms with van der Waals surface area (Å²) in [6.07, 6.45) is 1.83. The van der Waals surface area contributed by atoms with Crippen LogP contribution in [-0.4, -0.2) is 5.91 Å². The molecule has 0 saturated heterocycles. The highest BCUT2D eigenvalue weighted by Gasteiger charge is 2.11. The van der Waals surface area contributed by atoms with E-state index in [0.717, 1.165) is 24.1 Å². The molecule has 2 nitrogen and oxygen atoms in total. The number of hydrogen-bond donors (Lipinski definition) is 1. The van der Waals surface area contributed by atoms with Crippen molar-refractivity contribution in [3.63, 3.8) is 0 Å². The Morgan fingerprint density at radius 2 is 1.50 bits per heavy atom. The Kier molecular flexibility index (Phi) is 4.57. The van der Waals surface area contributed by atoms with Crippen LogP contribution in [-0.2, 0) is 12.8 Å². The SMILES string of the molecule is CCc1cccc(CC)c1NC(=O)c1ccc(C)cc1. The van der Waals surface area contributed by atoms with Crippen LogP contribution in [0.3, 0.4) is 0 Å². The quantitative estimate of drug-likeness (QED) is 0.875. The van der Waals surface area contributed by atoms with Crippen LogP contribution in [0.25, 0.3) is 0 Å². The maximum Gasteiger partial charge on any atom is 0.255 e. The van der Waals surface area contributed by atoms with Gasteiger partial charge in [-0.2, -0.15) is 0 Å². The molecule has 2 aromatic carbocycles. The number of carbonyl (C=O) groups is 1. The fourth-order valence-corrected chi connectivity index (χ4v) is 2.29. The van der Waals surface area contributed by atoms with Gasteiger partial charge in [0.05, 0.1) is 0 Å². The molecule has 0 aromatic heterocycles. The second-order valence-electron chi connectivity index (χ2n) is 4.98. The lowest BCUT2D eigenvalue weighted by Gasteiger charge is -2.14. The van der Waals surface area contributed by atoms with Gasteiger partial charge in [-0.25, -0.2) is 0 Å². The third-order valence-corrected chi connectivity index (χ3v) is 3.55. The third-order valence-electron chi connectivity index (χ3n) is 3.55. The van der Waals surface area contributed by atoms with Crippen LogP contribution < -0.4 is 5.32 Å². The Balaban J connectivity index is 2.29. The number of para-hydroxylation sites is 1. The van der Waals surface area contributed by atoms with E-state index in [1.165, 1.54) is 11.1 Å². The molecule has 0 saturated carbocycles. The summed E-state index contributed by atoms with van der Waals surface area (Å²) in [6, 6.07) is 13.9. The fourth-order valence-electron chi connectivity index (χ4n) is 2.29. The first-order valence-corrected chi connectivity index (χ1v) is 7.14. The molecule has 0 aliphatic heterocycles. The molecule has 0 atom stereocenters. The van der Waals surface area contributed by atoms with E-state index in [-0.39, 0.29) is 5.91 Å². The molecule has 1 amide bonds. The highest BCUT2D eigenvalue weighted by Crippen LogP contribution is 2.23. The summed E-state index contributed by atoms with van der Waals surface area (Å²) in [5.41, 5.74) is 5.20. The van der Waals surface area contributed by atoms with Gasteiger partial charge in [-0.05, 0) is 43.0 Å². The van der Waals surface area contributed by atoms with Crippen molar-refractivity contribution in [3.05, 3.63) is 64.7 Å². The van der Waals surface area contributed by atoms with Crippen molar-refractivity contribution in [1.29, 1.82) is 0 Å². The first-order valence-electron chi connectivity index (χ1n) is 7.14. The van der Waals surface area contributed by atoms with Gasteiger partial charge in [0.2, 0.25) is 0 Å². The summed E-state index contributed by atoms with van der Waals surface area (Å²) < 4.78 is 0. The van der Waals surface area contributed by atoms with Crippen LogP contribution in [0.2, 0.25) is 0 Å². The molecule has 0 radical (unpaired) electrons. The average molecular weight is 267 g/mol.